The number of nitrogens with zero attached hydrogens (tertiary/aromatic N) is 3. The Morgan fingerprint density at radius 1 is 0.970 bits per heavy atom. The van der Waals surface area contributed by atoms with Gasteiger partial charge in [0.1, 0.15) is 5.75 Å². The number of benzene rings is 3. The van der Waals surface area contributed by atoms with Gasteiger partial charge in [0.05, 0.1) is 18.4 Å². The Kier molecular flexibility index (Phi) is 6.79. The molecule has 0 aliphatic rings. The highest BCUT2D eigenvalue weighted by Gasteiger charge is 2.20. The molecule has 0 spiro atoms. The summed E-state index contributed by atoms with van der Waals surface area (Å²) in [6.07, 6.45) is 0. The average molecular weight is 459 g/mol. The van der Waals surface area contributed by atoms with Crippen LogP contribution in [0.4, 0.5) is 5.69 Å². The van der Waals surface area contributed by atoms with Crippen molar-refractivity contribution in [3.8, 4) is 22.8 Å². The summed E-state index contributed by atoms with van der Waals surface area (Å²) in [4.78, 5) is 12.7. The fraction of sp³-hybridized carbons (Fsp3) is 0.192. The number of nitrogens with one attached hydrogen (secondary N) is 1. The van der Waals surface area contributed by atoms with E-state index in [1.165, 1.54) is 11.8 Å². The molecule has 0 aliphatic heterocycles. The van der Waals surface area contributed by atoms with Crippen LogP contribution in [0.15, 0.2) is 71.9 Å². The minimum atomic E-state index is -0.0917. The summed E-state index contributed by atoms with van der Waals surface area (Å²) in [6.45, 7) is 6.08. The Labute approximate surface area is 198 Å². The Balaban J connectivity index is 1.64. The lowest BCUT2D eigenvalue weighted by Gasteiger charge is -2.13. The van der Waals surface area contributed by atoms with Crippen molar-refractivity contribution in [1.82, 2.24) is 14.8 Å². The van der Waals surface area contributed by atoms with E-state index in [2.05, 4.69) is 15.5 Å². The third-order valence-corrected chi connectivity index (χ3v) is 6.41. The van der Waals surface area contributed by atoms with Crippen LogP contribution in [0.1, 0.15) is 16.7 Å². The molecule has 0 aliphatic carbocycles. The molecule has 7 heteroatoms. The lowest BCUT2D eigenvalue weighted by atomic mass is 10.1. The number of para-hydroxylation sites is 1. The van der Waals surface area contributed by atoms with Gasteiger partial charge in [-0.25, -0.2) is 0 Å². The van der Waals surface area contributed by atoms with E-state index in [0.717, 1.165) is 33.6 Å². The Hall–Kier alpha value is -3.58. The molecule has 4 rings (SSSR count). The zero-order chi connectivity index (χ0) is 23.4. The molecule has 4 aromatic rings. The van der Waals surface area contributed by atoms with Crippen LogP contribution < -0.4 is 10.1 Å². The van der Waals surface area contributed by atoms with Gasteiger partial charge in [-0.05, 0) is 62.2 Å². The highest BCUT2D eigenvalue weighted by Crippen LogP contribution is 2.33. The fourth-order valence-corrected chi connectivity index (χ4v) is 4.25. The summed E-state index contributed by atoms with van der Waals surface area (Å²) >= 11 is 1.35. The molecule has 0 saturated carbocycles. The van der Waals surface area contributed by atoms with Gasteiger partial charge >= 0.3 is 0 Å². The molecule has 6 nitrogen and oxygen atoms in total. The van der Waals surface area contributed by atoms with Gasteiger partial charge in [0.2, 0.25) is 5.91 Å². The van der Waals surface area contributed by atoms with Crippen molar-refractivity contribution in [2.75, 3.05) is 18.2 Å². The molecule has 1 N–H and O–H groups in total. The highest BCUT2D eigenvalue weighted by atomic mass is 32.2. The number of rotatable bonds is 7. The van der Waals surface area contributed by atoms with E-state index in [9.17, 15) is 4.79 Å². The lowest BCUT2D eigenvalue weighted by molar-refractivity contribution is -0.113. The summed E-state index contributed by atoms with van der Waals surface area (Å²) in [5.41, 5.74) is 5.95. The van der Waals surface area contributed by atoms with Crippen molar-refractivity contribution in [2.24, 2.45) is 0 Å². The zero-order valence-corrected chi connectivity index (χ0v) is 19.9. The van der Waals surface area contributed by atoms with Gasteiger partial charge in [-0.1, -0.05) is 53.7 Å². The van der Waals surface area contributed by atoms with Gasteiger partial charge in [0, 0.05) is 11.4 Å². The molecular formula is C26H26N4O2S. The Morgan fingerprint density at radius 2 is 1.73 bits per heavy atom. The number of hydrogen-bond acceptors (Lipinski definition) is 5. The van der Waals surface area contributed by atoms with E-state index in [0.29, 0.717) is 16.7 Å². The second kappa shape index (κ2) is 9.92. The van der Waals surface area contributed by atoms with Crippen molar-refractivity contribution in [1.29, 1.82) is 0 Å². The molecule has 0 unspecified atom stereocenters. The molecule has 1 aromatic heterocycles. The largest absolute Gasteiger partial charge is 0.496 e. The van der Waals surface area contributed by atoms with Crippen molar-refractivity contribution in [2.45, 2.75) is 25.9 Å². The standard InChI is InChI=1S/C26H26N4O2S/c1-17-12-14-20(15-13-17)30-25(21-9-5-6-11-23(21)32-4)28-29-26(30)33-16-24(31)27-22-10-7-8-18(2)19(22)3/h5-15H,16H2,1-4H3,(H,27,31). The second-order valence-electron chi connectivity index (χ2n) is 7.76. The third kappa shape index (κ3) is 4.93. The number of anilines is 1. The summed E-state index contributed by atoms with van der Waals surface area (Å²) < 4.78 is 7.52. The summed E-state index contributed by atoms with van der Waals surface area (Å²) in [7, 11) is 1.64. The monoisotopic (exact) mass is 458 g/mol. The van der Waals surface area contributed by atoms with Gasteiger partial charge in [-0.3, -0.25) is 9.36 Å². The summed E-state index contributed by atoms with van der Waals surface area (Å²) in [5.74, 6) is 1.49. The van der Waals surface area contributed by atoms with E-state index in [4.69, 9.17) is 4.74 Å². The number of carbonyl (C=O) groups excluding carboxylic acids is 1. The molecule has 0 saturated heterocycles. The van der Waals surface area contributed by atoms with Crippen molar-refractivity contribution in [3.05, 3.63) is 83.4 Å². The van der Waals surface area contributed by atoms with Gasteiger partial charge in [-0.2, -0.15) is 0 Å². The molecule has 1 amide bonds. The second-order valence-corrected chi connectivity index (χ2v) is 8.70. The van der Waals surface area contributed by atoms with E-state index >= 15 is 0 Å². The molecule has 33 heavy (non-hydrogen) atoms. The number of ether oxygens (including phenoxy) is 1. The van der Waals surface area contributed by atoms with Crippen LogP contribution in [0, 0.1) is 20.8 Å². The van der Waals surface area contributed by atoms with Crippen LogP contribution in [0.25, 0.3) is 17.1 Å². The van der Waals surface area contributed by atoms with Gasteiger partial charge < -0.3 is 10.1 Å². The number of carbonyl (C=O) groups is 1. The normalized spacial score (nSPS) is 10.8. The number of aromatic nitrogens is 3. The lowest BCUT2D eigenvalue weighted by Crippen LogP contribution is -2.15. The SMILES string of the molecule is COc1ccccc1-c1nnc(SCC(=O)Nc2cccc(C)c2C)n1-c1ccc(C)cc1. The van der Waals surface area contributed by atoms with E-state index in [-0.39, 0.29) is 11.7 Å². The summed E-state index contributed by atoms with van der Waals surface area (Å²) in [5, 5.41) is 12.5. The topological polar surface area (TPSA) is 69.0 Å². The molecule has 1 heterocycles. The molecule has 168 valence electrons. The van der Waals surface area contributed by atoms with E-state index < -0.39 is 0 Å². The van der Waals surface area contributed by atoms with Gasteiger partial charge in [-0.15, -0.1) is 10.2 Å². The Morgan fingerprint density at radius 3 is 2.48 bits per heavy atom. The van der Waals surface area contributed by atoms with Crippen LogP contribution in [-0.4, -0.2) is 33.5 Å². The molecule has 0 bridgehead atoms. The molecule has 3 aromatic carbocycles. The number of amides is 1. The van der Waals surface area contributed by atoms with Crippen molar-refractivity contribution in [3.63, 3.8) is 0 Å². The minimum Gasteiger partial charge on any atom is -0.496 e. The van der Waals surface area contributed by atoms with Gasteiger partial charge in [0.25, 0.3) is 0 Å². The van der Waals surface area contributed by atoms with Crippen LogP contribution in [-0.2, 0) is 4.79 Å². The van der Waals surface area contributed by atoms with Crippen LogP contribution >= 0.6 is 11.8 Å². The molecule has 0 fully saturated rings. The summed E-state index contributed by atoms with van der Waals surface area (Å²) in [6, 6.07) is 21.7. The van der Waals surface area contributed by atoms with Crippen LogP contribution in [0.2, 0.25) is 0 Å². The first kappa shape index (κ1) is 22.6. The van der Waals surface area contributed by atoms with E-state index in [1.807, 2.05) is 92.1 Å². The Bertz CT molecular complexity index is 1280. The van der Waals surface area contributed by atoms with Crippen molar-refractivity contribution < 1.29 is 9.53 Å². The molecule has 0 atom stereocenters. The highest BCUT2D eigenvalue weighted by molar-refractivity contribution is 7.99. The average Bonchev–Trinajstić information content (AvgIpc) is 3.25. The number of hydrogen-bond donors (Lipinski definition) is 1. The first-order valence-electron chi connectivity index (χ1n) is 10.6. The smallest absolute Gasteiger partial charge is 0.234 e. The zero-order valence-electron chi connectivity index (χ0n) is 19.1. The maximum Gasteiger partial charge on any atom is 0.234 e. The van der Waals surface area contributed by atoms with Crippen LogP contribution in [0.3, 0.4) is 0 Å². The molecule has 0 radical (unpaired) electrons. The van der Waals surface area contributed by atoms with Crippen LogP contribution in [0.5, 0.6) is 5.75 Å². The van der Waals surface area contributed by atoms with E-state index in [1.54, 1.807) is 7.11 Å². The van der Waals surface area contributed by atoms with Crippen molar-refractivity contribution >= 4 is 23.4 Å². The first-order valence-corrected chi connectivity index (χ1v) is 11.6. The number of methoxy groups -OCH3 is 1. The van der Waals surface area contributed by atoms with Gasteiger partial charge in [0.15, 0.2) is 11.0 Å². The number of thioether (sulfide) groups is 1. The maximum atomic E-state index is 12.7. The first-order chi connectivity index (χ1) is 16.0. The quantitative estimate of drug-likeness (QED) is 0.365. The predicted molar refractivity (Wildman–Crippen MR) is 133 cm³/mol. The third-order valence-electron chi connectivity index (χ3n) is 5.48. The number of aryl methyl sites for hydroxylation is 2. The minimum absolute atomic E-state index is 0.0917. The predicted octanol–water partition coefficient (Wildman–Crippen LogP) is 5.60. The maximum absolute atomic E-state index is 12.7. The fourth-order valence-electron chi connectivity index (χ4n) is 3.50. The molecular weight excluding hydrogens is 432 g/mol.